The quantitative estimate of drug-likeness (QED) is 0.488. The first-order chi connectivity index (χ1) is 16.4. The summed E-state index contributed by atoms with van der Waals surface area (Å²) in [4.78, 5) is 19.9. The van der Waals surface area contributed by atoms with Crippen molar-refractivity contribution in [3.63, 3.8) is 0 Å². The van der Waals surface area contributed by atoms with E-state index >= 15 is 0 Å². The standard InChI is InChI=1S/C24H30FN7OS/c1-14-4-7-18(25)17(11-14)23-30-20(21(27)34-23)22(33)29-19-12-28-32(13-15-5-6-15)24(19)31-9-2-3-16(26)8-10-31/h4,7,11-12,15-16H,2-3,5-6,8-10,13,26-27H2,1H3,(H,29,33). The van der Waals surface area contributed by atoms with Gasteiger partial charge >= 0.3 is 0 Å². The molecule has 2 aliphatic rings. The maximum atomic E-state index is 14.4. The number of rotatable bonds is 6. The van der Waals surface area contributed by atoms with Gasteiger partial charge in [-0.25, -0.2) is 14.1 Å². The van der Waals surface area contributed by atoms with Crippen molar-refractivity contribution in [1.82, 2.24) is 14.8 Å². The number of halogens is 1. The third-order valence-corrected chi connectivity index (χ3v) is 7.40. The highest BCUT2D eigenvalue weighted by Crippen LogP contribution is 2.36. The van der Waals surface area contributed by atoms with Crippen molar-refractivity contribution in [2.45, 2.75) is 51.6 Å². The van der Waals surface area contributed by atoms with Gasteiger partial charge in [0.1, 0.15) is 21.5 Å². The summed E-state index contributed by atoms with van der Waals surface area (Å²) in [5, 5.41) is 8.21. The summed E-state index contributed by atoms with van der Waals surface area (Å²) in [6.45, 7) is 4.39. The van der Waals surface area contributed by atoms with Gasteiger partial charge in [-0.3, -0.25) is 4.79 Å². The Kier molecular flexibility index (Phi) is 6.26. The number of carbonyl (C=O) groups excluding carboxylic acids is 1. The minimum atomic E-state index is -0.424. The van der Waals surface area contributed by atoms with E-state index < -0.39 is 11.7 Å². The molecule has 1 unspecified atom stereocenters. The number of thiazole rings is 1. The van der Waals surface area contributed by atoms with Crippen LogP contribution in [0.2, 0.25) is 0 Å². The summed E-state index contributed by atoms with van der Waals surface area (Å²) in [6, 6.07) is 4.99. The van der Waals surface area contributed by atoms with E-state index in [0.717, 1.165) is 61.6 Å². The zero-order chi connectivity index (χ0) is 23.8. The van der Waals surface area contributed by atoms with Gasteiger partial charge < -0.3 is 21.7 Å². The van der Waals surface area contributed by atoms with Crippen LogP contribution in [0.1, 0.15) is 48.2 Å². The van der Waals surface area contributed by atoms with Gasteiger partial charge in [-0.1, -0.05) is 23.0 Å². The van der Waals surface area contributed by atoms with Crippen LogP contribution in [0.15, 0.2) is 24.4 Å². The second kappa shape index (κ2) is 9.34. The molecule has 5 N–H and O–H groups in total. The zero-order valence-electron chi connectivity index (χ0n) is 19.3. The molecule has 3 aromatic rings. The SMILES string of the molecule is Cc1ccc(F)c(-c2nc(C(=O)Nc3cnn(CC4CC4)c3N3CCCC(N)CC3)c(N)s2)c1. The lowest BCUT2D eigenvalue weighted by atomic mass is 10.1. The molecule has 0 spiro atoms. The van der Waals surface area contributed by atoms with Crippen LogP contribution in [-0.4, -0.2) is 39.8 Å². The highest BCUT2D eigenvalue weighted by molar-refractivity contribution is 7.19. The van der Waals surface area contributed by atoms with Crippen molar-refractivity contribution >= 4 is 33.8 Å². The number of benzene rings is 1. The van der Waals surface area contributed by atoms with Crippen molar-refractivity contribution in [3.8, 4) is 10.6 Å². The number of nitrogens with two attached hydrogens (primary N) is 2. The third-order valence-electron chi connectivity index (χ3n) is 6.48. The topological polar surface area (TPSA) is 115 Å². The van der Waals surface area contributed by atoms with E-state index in [2.05, 4.69) is 20.3 Å². The second-order valence-electron chi connectivity index (χ2n) is 9.35. The summed E-state index contributed by atoms with van der Waals surface area (Å²) < 4.78 is 16.4. The molecule has 180 valence electrons. The Morgan fingerprint density at radius 2 is 2.09 bits per heavy atom. The Balaban J connectivity index is 1.42. The summed E-state index contributed by atoms with van der Waals surface area (Å²) in [5.41, 5.74) is 14.3. The lowest BCUT2D eigenvalue weighted by Gasteiger charge is -2.25. The summed E-state index contributed by atoms with van der Waals surface area (Å²) in [7, 11) is 0. The van der Waals surface area contributed by atoms with Gasteiger partial charge in [0.25, 0.3) is 5.91 Å². The summed E-state index contributed by atoms with van der Waals surface area (Å²) in [6.07, 6.45) is 6.99. The fourth-order valence-electron chi connectivity index (χ4n) is 4.41. The predicted octanol–water partition coefficient (Wildman–Crippen LogP) is 4.02. The van der Waals surface area contributed by atoms with E-state index in [0.29, 0.717) is 22.2 Å². The first-order valence-electron chi connectivity index (χ1n) is 11.8. The van der Waals surface area contributed by atoms with Crippen LogP contribution < -0.4 is 21.7 Å². The van der Waals surface area contributed by atoms with Crippen molar-refractivity contribution in [1.29, 1.82) is 0 Å². The predicted molar refractivity (Wildman–Crippen MR) is 134 cm³/mol. The van der Waals surface area contributed by atoms with Crippen molar-refractivity contribution in [2.24, 2.45) is 11.7 Å². The molecule has 8 nitrogen and oxygen atoms in total. The Labute approximate surface area is 202 Å². The summed E-state index contributed by atoms with van der Waals surface area (Å²) in [5.74, 6) is 0.728. The number of hydrogen-bond acceptors (Lipinski definition) is 7. The van der Waals surface area contributed by atoms with E-state index in [1.54, 1.807) is 18.3 Å². The number of nitrogens with zero attached hydrogens (tertiary/aromatic N) is 4. The maximum Gasteiger partial charge on any atom is 0.277 e. The van der Waals surface area contributed by atoms with Gasteiger partial charge in [0, 0.05) is 31.2 Å². The molecular weight excluding hydrogens is 453 g/mol. The average Bonchev–Trinajstić information content (AvgIpc) is 3.48. The smallest absolute Gasteiger partial charge is 0.277 e. The van der Waals surface area contributed by atoms with Gasteiger partial charge in [0.15, 0.2) is 11.5 Å². The largest absolute Gasteiger partial charge is 0.389 e. The second-order valence-corrected chi connectivity index (χ2v) is 10.4. The molecular formula is C24H30FN7OS. The molecule has 2 fully saturated rings. The average molecular weight is 484 g/mol. The minimum Gasteiger partial charge on any atom is -0.389 e. The summed E-state index contributed by atoms with van der Waals surface area (Å²) >= 11 is 1.11. The van der Waals surface area contributed by atoms with E-state index in [-0.39, 0.29) is 16.7 Å². The molecule has 1 aliphatic heterocycles. The molecule has 1 amide bonds. The van der Waals surface area contributed by atoms with Crippen molar-refractivity contribution in [2.75, 3.05) is 29.0 Å². The molecule has 1 atom stereocenters. The molecule has 1 saturated carbocycles. The minimum absolute atomic E-state index is 0.0969. The Hall–Kier alpha value is -2.98. The first-order valence-corrected chi connectivity index (χ1v) is 12.6. The highest BCUT2D eigenvalue weighted by Gasteiger charge is 2.28. The van der Waals surface area contributed by atoms with E-state index in [9.17, 15) is 9.18 Å². The van der Waals surface area contributed by atoms with Crippen molar-refractivity contribution in [3.05, 3.63) is 41.5 Å². The Morgan fingerprint density at radius 1 is 1.26 bits per heavy atom. The van der Waals surface area contributed by atoms with E-state index in [1.807, 2.05) is 11.6 Å². The molecule has 5 rings (SSSR count). The van der Waals surface area contributed by atoms with Gasteiger partial charge in [-0.05, 0) is 57.1 Å². The maximum absolute atomic E-state index is 14.4. The molecule has 2 aromatic heterocycles. The highest BCUT2D eigenvalue weighted by atomic mass is 32.1. The van der Waals surface area contributed by atoms with Crippen LogP contribution in [0, 0.1) is 18.7 Å². The van der Waals surface area contributed by atoms with Crippen LogP contribution in [0.5, 0.6) is 0 Å². The molecule has 10 heteroatoms. The molecule has 1 saturated heterocycles. The van der Waals surface area contributed by atoms with Crippen LogP contribution >= 0.6 is 11.3 Å². The Bertz CT molecular complexity index is 1200. The third kappa shape index (κ3) is 4.78. The molecule has 34 heavy (non-hydrogen) atoms. The van der Waals surface area contributed by atoms with Gasteiger partial charge in [-0.2, -0.15) is 5.10 Å². The fourth-order valence-corrected chi connectivity index (χ4v) is 5.25. The Morgan fingerprint density at radius 3 is 2.88 bits per heavy atom. The number of carbonyl (C=O) groups is 1. The number of amides is 1. The number of aromatic nitrogens is 3. The normalized spacial score (nSPS) is 18.7. The first kappa shape index (κ1) is 22.8. The van der Waals surface area contributed by atoms with E-state index in [4.69, 9.17) is 11.5 Å². The number of anilines is 3. The zero-order valence-corrected chi connectivity index (χ0v) is 20.1. The number of aryl methyl sites for hydroxylation is 1. The van der Waals surface area contributed by atoms with Gasteiger partial charge in [0.05, 0.1) is 6.20 Å². The van der Waals surface area contributed by atoms with Crippen LogP contribution in [0.25, 0.3) is 10.6 Å². The molecule has 0 bridgehead atoms. The molecule has 1 aromatic carbocycles. The van der Waals surface area contributed by atoms with Gasteiger partial charge in [0.2, 0.25) is 0 Å². The number of nitrogen functional groups attached to an aromatic ring is 1. The number of nitrogens with one attached hydrogen (secondary N) is 1. The van der Waals surface area contributed by atoms with E-state index in [1.165, 1.54) is 18.9 Å². The van der Waals surface area contributed by atoms with Gasteiger partial charge in [-0.15, -0.1) is 0 Å². The molecule has 3 heterocycles. The van der Waals surface area contributed by atoms with Crippen LogP contribution in [0.3, 0.4) is 0 Å². The molecule has 1 aliphatic carbocycles. The van der Waals surface area contributed by atoms with Crippen LogP contribution in [0.4, 0.5) is 20.9 Å². The van der Waals surface area contributed by atoms with Crippen molar-refractivity contribution < 1.29 is 9.18 Å². The van der Waals surface area contributed by atoms with Crippen LogP contribution in [-0.2, 0) is 6.54 Å². The fraction of sp³-hybridized carbons (Fsp3) is 0.458. The number of hydrogen-bond donors (Lipinski definition) is 3. The lowest BCUT2D eigenvalue weighted by molar-refractivity contribution is 0.102. The monoisotopic (exact) mass is 483 g/mol. The lowest BCUT2D eigenvalue weighted by Crippen LogP contribution is -2.30. The molecule has 0 radical (unpaired) electrons.